The molecule has 104 valence electrons. The maximum Gasteiger partial charge on any atom is 0.258 e. The van der Waals surface area contributed by atoms with Gasteiger partial charge in [-0.25, -0.2) is 18.2 Å². The minimum atomic E-state index is -1.61. The molecule has 0 atom stereocenters. The van der Waals surface area contributed by atoms with E-state index >= 15 is 0 Å². The average Bonchev–Trinajstić information content (AvgIpc) is 2.38. The number of amides is 1. The van der Waals surface area contributed by atoms with Crippen LogP contribution in [0.4, 0.5) is 18.9 Å². The van der Waals surface area contributed by atoms with Gasteiger partial charge in [0.25, 0.3) is 5.91 Å². The first-order valence-electron chi connectivity index (χ1n) is 5.15. The van der Waals surface area contributed by atoms with Crippen LogP contribution in [0.1, 0.15) is 10.4 Å². The fourth-order valence-corrected chi connectivity index (χ4v) is 1.93. The molecule has 0 bridgehead atoms. The van der Waals surface area contributed by atoms with Crippen LogP contribution < -0.4 is 5.32 Å². The zero-order valence-electron chi connectivity index (χ0n) is 9.55. The maximum absolute atomic E-state index is 13.0. The van der Waals surface area contributed by atoms with Gasteiger partial charge in [0.2, 0.25) is 0 Å². The third-order valence-corrected chi connectivity index (χ3v) is 3.03. The predicted octanol–water partition coefficient (Wildman–Crippen LogP) is 4.17. The van der Waals surface area contributed by atoms with Crippen LogP contribution in [0.2, 0.25) is 5.15 Å². The molecule has 1 heterocycles. The first kappa shape index (κ1) is 14.8. The Hall–Kier alpha value is -1.60. The summed E-state index contributed by atoms with van der Waals surface area (Å²) >= 11 is 8.86. The Balaban J connectivity index is 2.30. The number of hydrogen-bond donors (Lipinski definition) is 1. The zero-order valence-corrected chi connectivity index (χ0v) is 11.9. The van der Waals surface area contributed by atoms with Crippen molar-refractivity contribution in [2.24, 2.45) is 0 Å². The van der Waals surface area contributed by atoms with Gasteiger partial charge in [-0.15, -0.1) is 0 Å². The number of nitrogens with zero attached hydrogens (tertiary/aromatic N) is 1. The van der Waals surface area contributed by atoms with E-state index in [1.165, 1.54) is 12.3 Å². The number of hydrogen-bond acceptors (Lipinski definition) is 2. The summed E-state index contributed by atoms with van der Waals surface area (Å²) in [5.74, 6) is -5.14. The molecule has 0 saturated heterocycles. The number of benzene rings is 1. The Kier molecular flexibility index (Phi) is 4.29. The molecule has 2 rings (SSSR count). The monoisotopic (exact) mass is 364 g/mol. The van der Waals surface area contributed by atoms with Crippen molar-refractivity contribution in [3.8, 4) is 0 Å². The molecule has 2 aromatic rings. The standard InChI is InChI=1S/C12H5BrClF3N2O/c13-5-1-7(11(14)18-4-5)12(20)19-6-2-8(15)10(17)9(16)3-6/h1-4H,(H,19,20). The number of carbonyl (C=O) groups is 1. The maximum atomic E-state index is 13.0. The molecule has 20 heavy (non-hydrogen) atoms. The van der Waals surface area contributed by atoms with Crippen LogP contribution in [0.3, 0.4) is 0 Å². The molecular weight excluding hydrogens is 360 g/mol. The lowest BCUT2D eigenvalue weighted by Crippen LogP contribution is -2.13. The molecular formula is C12H5BrClF3N2O. The summed E-state index contributed by atoms with van der Waals surface area (Å²) in [7, 11) is 0. The van der Waals surface area contributed by atoms with Crippen LogP contribution in [0, 0.1) is 17.5 Å². The lowest BCUT2D eigenvalue weighted by molar-refractivity contribution is 0.102. The highest BCUT2D eigenvalue weighted by Gasteiger charge is 2.15. The van der Waals surface area contributed by atoms with Crippen molar-refractivity contribution in [3.05, 3.63) is 57.0 Å². The zero-order chi connectivity index (χ0) is 14.9. The highest BCUT2D eigenvalue weighted by molar-refractivity contribution is 9.10. The van der Waals surface area contributed by atoms with Gasteiger partial charge in [0, 0.05) is 28.5 Å². The largest absolute Gasteiger partial charge is 0.322 e. The van der Waals surface area contributed by atoms with Gasteiger partial charge in [0.1, 0.15) is 5.15 Å². The lowest BCUT2D eigenvalue weighted by Gasteiger charge is -2.07. The number of rotatable bonds is 2. The average molecular weight is 366 g/mol. The van der Waals surface area contributed by atoms with E-state index in [0.717, 1.165) is 0 Å². The van der Waals surface area contributed by atoms with Gasteiger partial charge in [-0.3, -0.25) is 4.79 Å². The van der Waals surface area contributed by atoms with Crippen molar-refractivity contribution in [1.29, 1.82) is 0 Å². The van der Waals surface area contributed by atoms with E-state index < -0.39 is 23.4 Å². The van der Waals surface area contributed by atoms with Crippen molar-refractivity contribution < 1.29 is 18.0 Å². The quantitative estimate of drug-likeness (QED) is 0.641. The van der Waals surface area contributed by atoms with Gasteiger partial charge < -0.3 is 5.32 Å². The first-order chi connectivity index (χ1) is 9.38. The molecule has 8 heteroatoms. The Bertz CT molecular complexity index is 673. The van der Waals surface area contributed by atoms with Gasteiger partial charge in [-0.2, -0.15) is 0 Å². The third-order valence-electron chi connectivity index (χ3n) is 2.29. The van der Waals surface area contributed by atoms with Crippen LogP contribution in [0.5, 0.6) is 0 Å². The van der Waals surface area contributed by atoms with E-state index in [-0.39, 0.29) is 16.4 Å². The number of pyridine rings is 1. The number of anilines is 1. The summed E-state index contributed by atoms with van der Waals surface area (Å²) < 4.78 is 39.3. The molecule has 0 saturated carbocycles. The topological polar surface area (TPSA) is 42.0 Å². The van der Waals surface area contributed by atoms with Gasteiger partial charge in [0.05, 0.1) is 5.56 Å². The molecule has 1 amide bonds. The fraction of sp³-hybridized carbons (Fsp3) is 0. The molecule has 0 aliphatic rings. The van der Waals surface area contributed by atoms with Crippen molar-refractivity contribution in [2.75, 3.05) is 5.32 Å². The minimum absolute atomic E-state index is 0.00572. The highest BCUT2D eigenvalue weighted by Crippen LogP contribution is 2.21. The van der Waals surface area contributed by atoms with Crippen molar-refractivity contribution in [3.63, 3.8) is 0 Å². The highest BCUT2D eigenvalue weighted by atomic mass is 79.9. The Morgan fingerprint density at radius 3 is 2.40 bits per heavy atom. The summed E-state index contributed by atoms with van der Waals surface area (Å²) in [6.07, 6.45) is 1.39. The van der Waals surface area contributed by atoms with Crippen molar-refractivity contribution in [1.82, 2.24) is 4.98 Å². The van der Waals surface area contributed by atoms with Crippen LogP contribution in [0.25, 0.3) is 0 Å². The molecule has 0 spiro atoms. The number of halogens is 5. The summed E-state index contributed by atoms with van der Waals surface area (Å²) in [6.45, 7) is 0. The van der Waals surface area contributed by atoms with Gasteiger partial charge in [-0.05, 0) is 22.0 Å². The van der Waals surface area contributed by atoms with Crippen LogP contribution in [-0.2, 0) is 0 Å². The van der Waals surface area contributed by atoms with Crippen LogP contribution in [0.15, 0.2) is 28.9 Å². The molecule has 3 nitrogen and oxygen atoms in total. The second-order valence-corrected chi connectivity index (χ2v) is 4.97. The number of aromatic nitrogens is 1. The van der Waals surface area contributed by atoms with Crippen molar-refractivity contribution >= 4 is 39.1 Å². The van der Waals surface area contributed by atoms with Crippen molar-refractivity contribution in [2.45, 2.75) is 0 Å². The van der Waals surface area contributed by atoms with Crippen LogP contribution in [-0.4, -0.2) is 10.9 Å². The Morgan fingerprint density at radius 1 is 1.20 bits per heavy atom. The third kappa shape index (κ3) is 3.10. The van der Waals surface area contributed by atoms with E-state index in [2.05, 4.69) is 26.2 Å². The Labute approximate surface area is 124 Å². The summed E-state index contributed by atoms with van der Waals surface area (Å²) in [6, 6.07) is 2.71. The smallest absolute Gasteiger partial charge is 0.258 e. The molecule has 1 N–H and O–H groups in total. The molecule has 1 aromatic carbocycles. The van der Waals surface area contributed by atoms with E-state index in [1.807, 2.05) is 0 Å². The molecule has 1 aromatic heterocycles. The summed E-state index contributed by atoms with van der Waals surface area (Å²) in [5, 5.41) is 2.13. The fourth-order valence-electron chi connectivity index (χ4n) is 1.41. The molecule has 0 radical (unpaired) electrons. The normalized spacial score (nSPS) is 10.4. The SMILES string of the molecule is O=C(Nc1cc(F)c(F)c(F)c1)c1cc(Br)cnc1Cl. The predicted molar refractivity (Wildman–Crippen MR) is 71.2 cm³/mol. The van der Waals surface area contributed by atoms with Gasteiger partial charge in [0.15, 0.2) is 17.5 Å². The van der Waals surface area contributed by atoms with E-state index in [1.54, 1.807) is 0 Å². The molecule has 0 unspecified atom stereocenters. The second-order valence-electron chi connectivity index (χ2n) is 3.70. The van der Waals surface area contributed by atoms with Crippen LogP contribution >= 0.6 is 27.5 Å². The molecule has 0 fully saturated rings. The van der Waals surface area contributed by atoms with E-state index in [9.17, 15) is 18.0 Å². The number of nitrogens with one attached hydrogen (secondary N) is 1. The lowest BCUT2D eigenvalue weighted by atomic mass is 10.2. The summed E-state index contributed by atoms with van der Waals surface area (Å²) in [4.78, 5) is 15.6. The molecule has 0 aliphatic heterocycles. The van der Waals surface area contributed by atoms with E-state index in [0.29, 0.717) is 16.6 Å². The minimum Gasteiger partial charge on any atom is -0.322 e. The van der Waals surface area contributed by atoms with Gasteiger partial charge in [-0.1, -0.05) is 11.6 Å². The Morgan fingerprint density at radius 2 is 1.80 bits per heavy atom. The van der Waals surface area contributed by atoms with E-state index in [4.69, 9.17) is 11.6 Å². The second kappa shape index (κ2) is 5.80. The van der Waals surface area contributed by atoms with Gasteiger partial charge >= 0.3 is 0 Å². The molecule has 0 aliphatic carbocycles. The first-order valence-corrected chi connectivity index (χ1v) is 6.32. The summed E-state index contributed by atoms with van der Waals surface area (Å²) in [5.41, 5.74) is -0.228. The number of carbonyl (C=O) groups excluding carboxylic acids is 1.